The molecule has 8 nitrogen and oxygen atoms in total. The van der Waals surface area contributed by atoms with E-state index in [0.29, 0.717) is 0 Å². The second-order valence-corrected chi connectivity index (χ2v) is 6.66. The summed E-state index contributed by atoms with van der Waals surface area (Å²) in [4.78, 5) is -1.01. The van der Waals surface area contributed by atoms with Crippen molar-refractivity contribution in [3.8, 4) is 0 Å². The molecule has 0 radical (unpaired) electrons. The molecular formula is C10H10N2O6S2. The van der Waals surface area contributed by atoms with Crippen molar-refractivity contribution in [1.82, 2.24) is 0 Å². The maximum absolute atomic E-state index is 11.4. The Kier molecular flexibility index (Phi) is 3.44. The molecule has 0 bridgehead atoms. The summed E-state index contributed by atoms with van der Waals surface area (Å²) in [6.07, 6.45) is 0. The molecule has 108 valence electrons. The Balaban J connectivity index is 3.09. The maximum atomic E-state index is 11.4. The smallest absolute Gasteiger partial charge is 0.295 e. The lowest BCUT2D eigenvalue weighted by molar-refractivity contribution is 0.481. The number of nitrogens with two attached hydrogens (primary N) is 1. The van der Waals surface area contributed by atoms with Gasteiger partial charge in [0.05, 0.1) is 5.69 Å². The number of hydrogen-bond acceptors (Lipinski definition) is 6. The first-order valence-electron chi connectivity index (χ1n) is 5.13. The molecule has 0 aromatic heterocycles. The van der Waals surface area contributed by atoms with Crippen LogP contribution in [0, 0.1) is 0 Å². The van der Waals surface area contributed by atoms with Crippen LogP contribution in [0.2, 0.25) is 0 Å². The molecule has 0 saturated carbocycles. The van der Waals surface area contributed by atoms with Gasteiger partial charge in [-0.05, 0) is 18.2 Å². The second kappa shape index (κ2) is 4.68. The van der Waals surface area contributed by atoms with Crippen molar-refractivity contribution in [2.45, 2.75) is 9.79 Å². The van der Waals surface area contributed by atoms with Crippen molar-refractivity contribution < 1.29 is 25.9 Å². The summed E-state index contributed by atoms with van der Waals surface area (Å²) in [5.74, 6) is 5.25. The van der Waals surface area contributed by atoms with Gasteiger partial charge in [0.25, 0.3) is 20.2 Å². The third-order valence-corrected chi connectivity index (χ3v) is 4.48. The molecule has 5 N–H and O–H groups in total. The van der Waals surface area contributed by atoms with Crippen molar-refractivity contribution >= 4 is 36.7 Å². The average Bonchev–Trinajstić information content (AvgIpc) is 2.34. The van der Waals surface area contributed by atoms with E-state index in [1.54, 1.807) is 0 Å². The van der Waals surface area contributed by atoms with Crippen LogP contribution in [-0.4, -0.2) is 25.9 Å². The quantitative estimate of drug-likeness (QED) is 0.366. The first kappa shape index (κ1) is 14.7. The van der Waals surface area contributed by atoms with Crippen LogP contribution >= 0.6 is 0 Å². The molecule has 2 aromatic rings. The SMILES string of the molecule is NNc1ccc(S(=O)(=O)O)c2cccc(S(=O)(=O)O)c12. The predicted molar refractivity (Wildman–Crippen MR) is 71.4 cm³/mol. The number of hydrogen-bond donors (Lipinski definition) is 4. The zero-order chi connectivity index (χ0) is 15.1. The Morgan fingerprint density at radius 3 is 2.00 bits per heavy atom. The molecule has 0 atom stereocenters. The summed E-state index contributed by atoms with van der Waals surface area (Å²) in [5.41, 5.74) is 2.29. The van der Waals surface area contributed by atoms with Crippen LogP contribution in [-0.2, 0) is 20.2 Å². The van der Waals surface area contributed by atoms with Crippen LogP contribution in [0.1, 0.15) is 0 Å². The van der Waals surface area contributed by atoms with Gasteiger partial charge in [0.15, 0.2) is 0 Å². The molecule has 0 aliphatic rings. The molecular weight excluding hydrogens is 308 g/mol. The summed E-state index contributed by atoms with van der Waals surface area (Å²) < 4.78 is 63.6. The molecule has 0 aliphatic heterocycles. The first-order chi connectivity index (χ1) is 9.16. The largest absolute Gasteiger partial charge is 0.323 e. The van der Waals surface area contributed by atoms with E-state index in [1.807, 2.05) is 0 Å². The molecule has 0 aliphatic carbocycles. The Bertz CT molecular complexity index is 889. The van der Waals surface area contributed by atoms with Crippen LogP contribution in [0.4, 0.5) is 5.69 Å². The minimum atomic E-state index is -4.60. The average molecular weight is 318 g/mol. The number of nitrogen functional groups attached to an aromatic ring is 1. The lowest BCUT2D eigenvalue weighted by atomic mass is 10.1. The van der Waals surface area contributed by atoms with Crippen LogP contribution in [0.25, 0.3) is 10.8 Å². The van der Waals surface area contributed by atoms with Crippen LogP contribution < -0.4 is 11.3 Å². The fourth-order valence-corrected chi connectivity index (χ4v) is 3.32. The van der Waals surface area contributed by atoms with E-state index in [4.69, 9.17) is 10.4 Å². The van der Waals surface area contributed by atoms with Gasteiger partial charge in [0.2, 0.25) is 0 Å². The monoisotopic (exact) mass is 318 g/mol. The lowest BCUT2D eigenvalue weighted by Gasteiger charge is -2.11. The Morgan fingerprint density at radius 1 is 0.900 bits per heavy atom. The number of hydrazine groups is 1. The van der Waals surface area contributed by atoms with E-state index in [1.165, 1.54) is 18.2 Å². The van der Waals surface area contributed by atoms with E-state index in [9.17, 15) is 21.4 Å². The van der Waals surface area contributed by atoms with Crippen LogP contribution in [0.5, 0.6) is 0 Å². The summed E-state index contributed by atoms with van der Waals surface area (Å²) in [6, 6.07) is 5.86. The Labute approximate surface area is 114 Å². The lowest BCUT2D eigenvalue weighted by Crippen LogP contribution is -2.10. The summed E-state index contributed by atoms with van der Waals surface area (Å²) in [7, 11) is -9.16. The third-order valence-electron chi connectivity index (χ3n) is 2.67. The third kappa shape index (κ3) is 2.46. The van der Waals surface area contributed by atoms with Gasteiger partial charge in [-0.25, -0.2) is 0 Å². The topological polar surface area (TPSA) is 147 Å². The molecule has 2 rings (SSSR count). The highest BCUT2D eigenvalue weighted by atomic mass is 32.2. The van der Waals surface area contributed by atoms with Crippen LogP contribution in [0.15, 0.2) is 40.1 Å². The first-order valence-corrected chi connectivity index (χ1v) is 8.01. The molecule has 0 heterocycles. The van der Waals surface area contributed by atoms with Crippen molar-refractivity contribution in [2.75, 3.05) is 5.43 Å². The van der Waals surface area contributed by atoms with E-state index < -0.39 is 30.0 Å². The minimum Gasteiger partial charge on any atom is -0.323 e. The van der Waals surface area contributed by atoms with E-state index in [-0.39, 0.29) is 16.5 Å². The molecule has 0 amide bonds. The van der Waals surface area contributed by atoms with E-state index >= 15 is 0 Å². The zero-order valence-electron chi connectivity index (χ0n) is 9.81. The van der Waals surface area contributed by atoms with Gasteiger partial charge in [-0.3, -0.25) is 14.9 Å². The summed E-state index contributed by atoms with van der Waals surface area (Å²) in [6.45, 7) is 0. The molecule has 0 saturated heterocycles. The fraction of sp³-hybridized carbons (Fsp3) is 0. The van der Waals surface area contributed by atoms with E-state index in [0.717, 1.165) is 12.1 Å². The molecule has 2 aromatic carbocycles. The number of anilines is 1. The van der Waals surface area contributed by atoms with Gasteiger partial charge < -0.3 is 5.43 Å². The number of rotatable bonds is 3. The van der Waals surface area contributed by atoms with Crippen LogP contribution in [0.3, 0.4) is 0 Å². The molecule has 10 heteroatoms. The van der Waals surface area contributed by atoms with Gasteiger partial charge in [0, 0.05) is 10.8 Å². The van der Waals surface area contributed by atoms with Crippen molar-refractivity contribution in [1.29, 1.82) is 0 Å². The van der Waals surface area contributed by atoms with Gasteiger partial charge in [-0.2, -0.15) is 16.8 Å². The second-order valence-electron chi connectivity index (χ2n) is 3.88. The number of fused-ring (bicyclic) bond motifs is 1. The predicted octanol–water partition coefficient (Wildman–Crippen LogP) is 0.619. The summed E-state index contributed by atoms with van der Waals surface area (Å²) >= 11 is 0. The Hall–Kier alpha value is -1.72. The van der Waals surface area contributed by atoms with Crippen molar-refractivity contribution in [3.63, 3.8) is 0 Å². The highest BCUT2D eigenvalue weighted by Gasteiger charge is 2.21. The van der Waals surface area contributed by atoms with Gasteiger partial charge in [-0.1, -0.05) is 12.1 Å². The molecule has 0 fully saturated rings. The highest BCUT2D eigenvalue weighted by molar-refractivity contribution is 7.86. The zero-order valence-corrected chi connectivity index (χ0v) is 11.4. The standard InChI is InChI=1S/C10H10N2O6S2/c11-12-7-4-5-8(19(13,14)15)6-2-1-3-9(10(6)7)20(16,17)18/h1-5,12H,11H2,(H,13,14,15)(H,16,17,18). The number of nitrogens with one attached hydrogen (secondary N) is 1. The fourth-order valence-electron chi connectivity index (χ4n) is 1.91. The van der Waals surface area contributed by atoms with E-state index in [2.05, 4.69) is 5.43 Å². The summed E-state index contributed by atoms with van der Waals surface area (Å²) in [5, 5.41) is -0.217. The van der Waals surface area contributed by atoms with Crippen molar-refractivity contribution in [2.24, 2.45) is 5.84 Å². The van der Waals surface area contributed by atoms with Gasteiger partial charge in [-0.15, -0.1) is 0 Å². The molecule has 0 unspecified atom stereocenters. The number of benzene rings is 2. The van der Waals surface area contributed by atoms with Crippen molar-refractivity contribution in [3.05, 3.63) is 30.3 Å². The minimum absolute atomic E-state index is 0.0839. The van der Waals surface area contributed by atoms with Gasteiger partial charge in [0.1, 0.15) is 9.79 Å². The molecule has 0 spiro atoms. The molecule has 20 heavy (non-hydrogen) atoms. The Morgan fingerprint density at radius 2 is 1.50 bits per heavy atom. The normalized spacial score (nSPS) is 12.6. The maximum Gasteiger partial charge on any atom is 0.295 e. The highest BCUT2D eigenvalue weighted by Crippen LogP contribution is 2.33. The van der Waals surface area contributed by atoms with Gasteiger partial charge >= 0.3 is 0 Å².